The molecule has 0 fully saturated rings. The first kappa shape index (κ1) is 23.4. The van der Waals surface area contributed by atoms with E-state index in [4.69, 9.17) is 9.47 Å². The second-order valence-corrected chi connectivity index (χ2v) is 9.14. The van der Waals surface area contributed by atoms with E-state index in [-0.39, 0.29) is 11.8 Å². The van der Waals surface area contributed by atoms with E-state index in [1.807, 2.05) is 12.1 Å². The number of hydrogen-bond donors (Lipinski definition) is 3. The first-order chi connectivity index (χ1) is 15.4. The number of carbonyl (C=O) groups excluding carboxylic acids is 2. The van der Waals surface area contributed by atoms with Crippen LogP contribution < -0.4 is 25.4 Å². The van der Waals surface area contributed by atoms with Crippen molar-refractivity contribution in [2.75, 3.05) is 30.2 Å². The maximum Gasteiger partial charge on any atom is 0.237 e. The number of nitrogens with one attached hydrogen (secondary N) is 3. The van der Waals surface area contributed by atoms with Crippen molar-refractivity contribution in [2.24, 2.45) is 0 Å². The average molecular weight is 474 g/mol. The lowest BCUT2D eigenvalue weighted by molar-refractivity contribution is -0.115. The second-order valence-electron chi connectivity index (χ2n) is 6.58. The lowest BCUT2D eigenvalue weighted by Crippen LogP contribution is -2.22. The number of ether oxygens (including phenoxy) is 2. The maximum atomic E-state index is 12.6. The summed E-state index contributed by atoms with van der Waals surface area (Å²) in [5.74, 6) is 0.810. The first-order valence-electron chi connectivity index (χ1n) is 9.55. The number of thioether (sulfide) groups is 1. The predicted molar refractivity (Wildman–Crippen MR) is 127 cm³/mol. The standard InChI is InChI=1S/C21H23N5O4S2/c1-12(19(28)23-16-8-9-17(29-3)18(11-16)30-4)31-21-26-25-20(32-21)24-15-7-5-6-14(10-15)22-13(2)27/h5-12H,1-4H3,(H,22,27)(H,23,28)(H,24,25). The van der Waals surface area contributed by atoms with E-state index in [9.17, 15) is 9.59 Å². The van der Waals surface area contributed by atoms with Gasteiger partial charge < -0.3 is 25.4 Å². The number of aromatic nitrogens is 2. The highest BCUT2D eigenvalue weighted by atomic mass is 32.2. The zero-order valence-electron chi connectivity index (χ0n) is 18.0. The minimum absolute atomic E-state index is 0.142. The Balaban J connectivity index is 1.59. The molecule has 2 aromatic carbocycles. The van der Waals surface area contributed by atoms with Crippen molar-refractivity contribution in [1.29, 1.82) is 0 Å². The van der Waals surface area contributed by atoms with Gasteiger partial charge in [-0.15, -0.1) is 10.2 Å². The highest BCUT2D eigenvalue weighted by molar-refractivity contribution is 8.02. The van der Waals surface area contributed by atoms with Crippen LogP contribution in [0.4, 0.5) is 22.2 Å². The number of amides is 2. The second kappa shape index (κ2) is 10.8. The van der Waals surface area contributed by atoms with Crippen LogP contribution in [0.2, 0.25) is 0 Å². The van der Waals surface area contributed by atoms with Gasteiger partial charge in [-0.05, 0) is 37.3 Å². The molecule has 168 valence electrons. The molecular weight excluding hydrogens is 450 g/mol. The molecule has 0 saturated heterocycles. The molecule has 3 rings (SSSR count). The quantitative estimate of drug-likeness (QED) is 0.392. The summed E-state index contributed by atoms with van der Waals surface area (Å²) >= 11 is 2.65. The number of anilines is 4. The highest BCUT2D eigenvalue weighted by Crippen LogP contribution is 2.33. The largest absolute Gasteiger partial charge is 0.493 e. The van der Waals surface area contributed by atoms with E-state index >= 15 is 0 Å². The summed E-state index contributed by atoms with van der Waals surface area (Å²) in [7, 11) is 3.10. The molecule has 1 atom stereocenters. The van der Waals surface area contributed by atoms with Crippen molar-refractivity contribution in [3.05, 3.63) is 42.5 Å². The molecule has 0 aliphatic rings. The van der Waals surface area contributed by atoms with E-state index in [2.05, 4.69) is 26.1 Å². The summed E-state index contributed by atoms with van der Waals surface area (Å²) in [6.07, 6.45) is 0. The molecule has 9 nitrogen and oxygen atoms in total. The summed E-state index contributed by atoms with van der Waals surface area (Å²) in [5.41, 5.74) is 2.06. The summed E-state index contributed by atoms with van der Waals surface area (Å²) in [4.78, 5) is 23.8. The molecule has 0 spiro atoms. The van der Waals surface area contributed by atoms with Crippen LogP contribution in [0.1, 0.15) is 13.8 Å². The number of methoxy groups -OCH3 is 2. The van der Waals surface area contributed by atoms with Gasteiger partial charge in [-0.2, -0.15) is 0 Å². The lowest BCUT2D eigenvalue weighted by Gasteiger charge is -2.13. The fourth-order valence-electron chi connectivity index (χ4n) is 2.67. The van der Waals surface area contributed by atoms with Crippen molar-refractivity contribution < 1.29 is 19.1 Å². The van der Waals surface area contributed by atoms with Gasteiger partial charge in [0.2, 0.25) is 16.9 Å². The number of nitrogens with zero attached hydrogens (tertiary/aromatic N) is 2. The van der Waals surface area contributed by atoms with Crippen LogP contribution in [0.5, 0.6) is 11.5 Å². The molecule has 0 aliphatic carbocycles. The van der Waals surface area contributed by atoms with E-state index < -0.39 is 5.25 Å². The Kier molecular flexibility index (Phi) is 7.90. The van der Waals surface area contributed by atoms with Gasteiger partial charge in [-0.3, -0.25) is 9.59 Å². The molecule has 11 heteroatoms. The Morgan fingerprint density at radius 3 is 2.41 bits per heavy atom. The van der Waals surface area contributed by atoms with Gasteiger partial charge in [0.15, 0.2) is 15.8 Å². The van der Waals surface area contributed by atoms with Gasteiger partial charge in [0.1, 0.15) is 0 Å². The number of benzene rings is 2. The lowest BCUT2D eigenvalue weighted by atomic mass is 10.2. The molecule has 3 aromatic rings. The Morgan fingerprint density at radius 2 is 1.69 bits per heavy atom. The van der Waals surface area contributed by atoms with Crippen LogP contribution in [0.25, 0.3) is 0 Å². The van der Waals surface area contributed by atoms with Crippen molar-refractivity contribution >= 4 is 57.1 Å². The van der Waals surface area contributed by atoms with Crippen molar-refractivity contribution in [3.8, 4) is 11.5 Å². The third-order valence-corrected chi connectivity index (χ3v) is 6.16. The topological polar surface area (TPSA) is 114 Å². The number of hydrogen-bond acceptors (Lipinski definition) is 9. The molecule has 1 unspecified atom stereocenters. The maximum absolute atomic E-state index is 12.6. The van der Waals surface area contributed by atoms with Crippen LogP contribution in [0, 0.1) is 0 Å². The van der Waals surface area contributed by atoms with E-state index in [1.54, 1.807) is 51.5 Å². The smallest absolute Gasteiger partial charge is 0.237 e. The van der Waals surface area contributed by atoms with Gasteiger partial charge in [0, 0.05) is 30.1 Å². The minimum Gasteiger partial charge on any atom is -0.493 e. The van der Waals surface area contributed by atoms with Crippen LogP contribution in [0.3, 0.4) is 0 Å². The van der Waals surface area contributed by atoms with E-state index in [0.29, 0.717) is 32.3 Å². The average Bonchev–Trinajstić information content (AvgIpc) is 3.19. The van der Waals surface area contributed by atoms with Crippen LogP contribution in [-0.4, -0.2) is 41.5 Å². The molecule has 0 aliphatic heterocycles. The van der Waals surface area contributed by atoms with E-state index in [0.717, 1.165) is 5.69 Å². The van der Waals surface area contributed by atoms with Crippen LogP contribution in [0.15, 0.2) is 46.8 Å². The van der Waals surface area contributed by atoms with Crippen molar-refractivity contribution in [3.63, 3.8) is 0 Å². The summed E-state index contributed by atoms with van der Waals surface area (Å²) in [6.45, 7) is 3.25. The summed E-state index contributed by atoms with van der Waals surface area (Å²) in [5, 5.41) is 17.2. The molecule has 3 N–H and O–H groups in total. The number of carbonyl (C=O) groups is 2. The molecule has 32 heavy (non-hydrogen) atoms. The van der Waals surface area contributed by atoms with Crippen LogP contribution in [-0.2, 0) is 9.59 Å². The number of rotatable bonds is 9. The van der Waals surface area contributed by atoms with E-state index in [1.165, 1.54) is 30.0 Å². The Labute approximate surface area is 193 Å². The third kappa shape index (κ3) is 6.34. The summed E-state index contributed by atoms with van der Waals surface area (Å²) in [6, 6.07) is 12.5. The van der Waals surface area contributed by atoms with Gasteiger partial charge in [0.05, 0.1) is 19.5 Å². The fourth-order valence-corrected chi connectivity index (χ4v) is 4.59. The molecule has 2 amide bonds. The van der Waals surface area contributed by atoms with Crippen molar-refractivity contribution in [2.45, 2.75) is 23.4 Å². The van der Waals surface area contributed by atoms with Gasteiger partial charge in [-0.1, -0.05) is 29.2 Å². The first-order valence-corrected chi connectivity index (χ1v) is 11.2. The van der Waals surface area contributed by atoms with Gasteiger partial charge in [0.25, 0.3) is 0 Å². The molecule has 0 saturated carbocycles. The third-order valence-electron chi connectivity index (χ3n) is 4.14. The fraction of sp³-hybridized carbons (Fsp3) is 0.238. The highest BCUT2D eigenvalue weighted by Gasteiger charge is 2.18. The normalized spacial score (nSPS) is 11.4. The zero-order chi connectivity index (χ0) is 23.1. The van der Waals surface area contributed by atoms with Crippen LogP contribution >= 0.6 is 23.1 Å². The molecule has 0 radical (unpaired) electrons. The zero-order valence-corrected chi connectivity index (χ0v) is 19.6. The van der Waals surface area contributed by atoms with Crippen molar-refractivity contribution in [1.82, 2.24) is 10.2 Å². The Morgan fingerprint density at radius 1 is 0.969 bits per heavy atom. The molecule has 1 aromatic heterocycles. The molecule has 0 bridgehead atoms. The predicted octanol–water partition coefficient (Wildman–Crippen LogP) is 4.38. The molecule has 1 heterocycles. The monoisotopic (exact) mass is 473 g/mol. The Hall–Kier alpha value is -3.31. The molecular formula is C21H23N5O4S2. The summed E-state index contributed by atoms with van der Waals surface area (Å²) < 4.78 is 11.1. The SMILES string of the molecule is COc1ccc(NC(=O)C(C)Sc2nnc(Nc3cccc(NC(C)=O)c3)s2)cc1OC. The van der Waals surface area contributed by atoms with Gasteiger partial charge in [-0.25, -0.2) is 0 Å². The van der Waals surface area contributed by atoms with Gasteiger partial charge >= 0.3 is 0 Å². The Bertz CT molecular complexity index is 1110. The minimum atomic E-state index is -0.396.